The number of aromatic nitrogens is 4. The first kappa shape index (κ1) is 27.3. The minimum Gasteiger partial charge on any atom is -0.463 e. The summed E-state index contributed by atoms with van der Waals surface area (Å²) >= 11 is 13.3. The highest BCUT2D eigenvalue weighted by atomic mass is 35.5. The molecule has 1 aliphatic heterocycles. The summed E-state index contributed by atoms with van der Waals surface area (Å²) in [6.07, 6.45) is 3.15. The quantitative estimate of drug-likeness (QED) is 0.365. The number of esters is 2. The van der Waals surface area contributed by atoms with Crippen molar-refractivity contribution in [2.75, 3.05) is 6.61 Å². The van der Waals surface area contributed by atoms with Crippen molar-refractivity contribution in [2.45, 2.75) is 49.4 Å². The van der Waals surface area contributed by atoms with Gasteiger partial charge in [-0.2, -0.15) is 0 Å². The van der Waals surface area contributed by atoms with Crippen LogP contribution in [-0.4, -0.2) is 56.2 Å². The van der Waals surface area contributed by atoms with Crippen LogP contribution in [-0.2, 0) is 23.8 Å². The maximum Gasteiger partial charge on any atom is 0.303 e. The van der Waals surface area contributed by atoms with Gasteiger partial charge in [0.1, 0.15) is 29.7 Å². The van der Waals surface area contributed by atoms with E-state index in [-0.39, 0.29) is 17.5 Å². The molecule has 1 aromatic carbocycles. The largest absolute Gasteiger partial charge is 0.463 e. The lowest BCUT2D eigenvalue weighted by atomic mass is 9.90. The SMILES string of the molecule is CC(=O)OCC1O[C@H](Sc2cncc(Cl)c2)C(C)[C@@H](n2cc(-c3ccc(Cl)c(F)c3)nn2)[C@H]1OC(C)=O. The number of carbonyl (C=O) groups is 2. The molecule has 3 heterocycles. The van der Waals surface area contributed by atoms with Crippen molar-refractivity contribution in [3.8, 4) is 11.3 Å². The second-order valence-corrected chi connectivity index (χ2v) is 10.5. The summed E-state index contributed by atoms with van der Waals surface area (Å²) in [6, 6.07) is 5.52. The molecule has 1 saturated heterocycles. The molecule has 2 unspecified atom stereocenters. The average Bonchev–Trinajstić information content (AvgIpc) is 3.31. The molecule has 0 spiro atoms. The number of carbonyl (C=O) groups excluding carboxylic acids is 2. The van der Waals surface area contributed by atoms with Gasteiger partial charge in [0.2, 0.25) is 0 Å². The van der Waals surface area contributed by atoms with Gasteiger partial charge in [-0.05, 0) is 18.2 Å². The van der Waals surface area contributed by atoms with Crippen LogP contribution in [0.25, 0.3) is 11.3 Å². The average molecular weight is 569 g/mol. The Morgan fingerprint density at radius 2 is 1.97 bits per heavy atom. The summed E-state index contributed by atoms with van der Waals surface area (Å²) in [5, 5.41) is 8.94. The van der Waals surface area contributed by atoms with Gasteiger partial charge < -0.3 is 14.2 Å². The Hall–Kier alpha value is -2.73. The van der Waals surface area contributed by atoms with E-state index in [0.717, 1.165) is 4.90 Å². The molecule has 2 aromatic heterocycles. The van der Waals surface area contributed by atoms with Gasteiger partial charge in [0.15, 0.2) is 6.10 Å². The van der Waals surface area contributed by atoms with E-state index in [1.54, 1.807) is 29.2 Å². The van der Waals surface area contributed by atoms with E-state index >= 15 is 0 Å². The predicted octanol–water partition coefficient (Wildman–Crippen LogP) is 4.98. The van der Waals surface area contributed by atoms with Gasteiger partial charge in [0.25, 0.3) is 0 Å². The molecule has 37 heavy (non-hydrogen) atoms. The first-order valence-electron chi connectivity index (χ1n) is 11.2. The van der Waals surface area contributed by atoms with Crippen LogP contribution < -0.4 is 0 Å². The van der Waals surface area contributed by atoms with Crippen LogP contribution in [0, 0.1) is 11.7 Å². The molecule has 9 nitrogen and oxygen atoms in total. The number of pyridine rings is 1. The summed E-state index contributed by atoms with van der Waals surface area (Å²) in [6.45, 7) is 4.34. The third kappa shape index (κ3) is 6.59. The molecule has 5 atom stereocenters. The number of hydrogen-bond acceptors (Lipinski definition) is 9. The van der Waals surface area contributed by atoms with Gasteiger partial charge in [0, 0.05) is 42.6 Å². The number of hydrogen-bond donors (Lipinski definition) is 0. The second-order valence-electron chi connectivity index (χ2n) is 8.44. The van der Waals surface area contributed by atoms with E-state index in [0.29, 0.717) is 16.3 Å². The maximum atomic E-state index is 14.1. The van der Waals surface area contributed by atoms with Crippen molar-refractivity contribution in [3.63, 3.8) is 0 Å². The number of thioether (sulfide) groups is 1. The molecule has 0 aliphatic carbocycles. The lowest BCUT2D eigenvalue weighted by Crippen LogP contribution is -2.53. The van der Waals surface area contributed by atoms with Crippen LogP contribution in [0.5, 0.6) is 0 Å². The van der Waals surface area contributed by atoms with Crippen LogP contribution in [0.4, 0.5) is 4.39 Å². The lowest BCUT2D eigenvalue weighted by molar-refractivity contribution is -0.191. The number of benzene rings is 1. The van der Waals surface area contributed by atoms with E-state index in [9.17, 15) is 14.0 Å². The van der Waals surface area contributed by atoms with Crippen molar-refractivity contribution in [2.24, 2.45) is 5.92 Å². The van der Waals surface area contributed by atoms with E-state index in [4.69, 9.17) is 37.4 Å². The number of nitrogens with zero attached hydrogens (tertiary/aromatic N) is 4. The fourth-order valence-corrected chi connectivity index (χ4v) is 5.57. The molecule has 3 aromatic rings. The van der Waals surface area contributed by atoms with Crippen LogP contribution >= 0.6 is 35.0 Å². The van der Waals surface area contributed by atoms with Gasteiger partial charge in [-0.3, -0.25) is 14.6 Å². The van der Waals surface area contributed by atoms with Gasteiger partial charge in [-0.25, -0.2) is 9.07 Å². The third-order valence-electron chi connectivity index (χ3n) is 5.70. The standard InChI is InChI=1S/C24H23Cl2FN4O5S/c1-12-22(31-10-20(29-30-31)15-4-5-18(26)19(27)6-15)23(35-14(3)33)21(11-34-13(2)32)36-24(12)37-17-7-16(25)8-28-9-17/h4-10,12,21-24H,11H2,1-3H3/t12?,21?,22-,23+,24-/m1/s1. The molecular formula is C24H23Cl2FN4O5S. The Morgan fingerprint density at radius 1 is 1.19 bits per heavy atom. The van der Waals surface area contributed by atoms with Crippen LogP contribution in [0.2, 0.25) is 10.0 Å². The van der Waals surface area contributed by atoms with Crippen LogP contribution in [0.15, 0.2) is 47.8 Å². The Balaban J connectivity index is 1.71. The molecule has 0 amide bonds. The highest BCUT2D eigenvalue weighted by Crippen LogP contribution is 2.43. The molecule has 4 rings (SSSR count). The molecule has 13 heteroatoms. The summed E-state index contributed by atoms with van der Waals surface area (Å²) in [7, 11) is 0. The predicted molar refractivity (Wildman–Crippen MR) is 135 cm³/mol. The van der Waals surface area contributed by atoms with Crippen molar-refractivity contribution in [1.82, 2.24) is 20.0 Å². The maximum absolute atomic E-state index is 14.1. The zero-order valence-electron chi connectivity index (χ0n) is 20.0. The molecule has 0 saturated carbocycles. The van der Waals surface area contributed by atoms with Gasteiger partial charge in [0.05, 0.1) is 22.3 Å². The van der Waals surface area contributed by atoms with Gasteiger partial charge in [-0.1, -0.05) is 53.2 Å². The molecule has 196 valence electrons. The zero-order valence-corrected chi connectivity index (χ0v) is 22.3. The Kier molecular flexibility index (Phi) is 8.68. The smallest absolute Gasteiger partial charge is 0.303 e. The third-order valence-corrected chi connectivity index (χ3v) is 7.48. The lowest BCUT2D eigenvalue weighted by Gasteiger charge is -2.44. The Bertz CT molecular complexity index is 1300. The molecule has 0 bridgehead atoms. The number of halogens is 3. The Labute approximate surface area is 226 Å². The molecule has 1 aliphatic rings. The zero-order chi connectivity index (χ0) is 26.7. The number of rotatable bonds is 7. The molecule has 0 radical (unpaired) electrons. The fourth-order valence-electron chi connectivity index (χ4n) is 4.05. The number of ether oxygens (including phenoxy) is 3. The second kappa shape index (κ2) is 11.8. The summed E-state index contributed by atoms with van der Waals surface area (Å²) in [5.41, 5.74) is 0.387. The topological polar surface area (TPSA) is 105 Å². The normalized spacial score (nSPS) is 23.5. The minimum absolute atomic E-state index is 0.00667. The van der Waals surface area contributed by atoms with E-state index in [1.807, 2.05) is 6.92 Å². The first-order chi connectivity index (χ1) is 17.6. The van der Waals surface area contributed by atoms with Crippen LogP contribution in [0.3, 0.4) is 0 Å². The van der Waals surface area contributed by atoms with Crippen molar-refractivity contribution in [3.05, 3.63) is 58.7 Å². The van der Waals surface area contributed by atoms with E-state index in [2.05, 4.69) is 15.3 Å². The van der Waals surface area contributed by atoms with Crippen molar-refractivity contribution in [1.29, 1.82) is 0 Å². The fraction of sp³-hybridized carbons (Fsp3) is 0.375. The molecule has 0 N–H and O–H groups in total. The summed E-state index contributed by atoms with van der Waals surface area (Å²) in [5.74, 6) is -1.92. The minimum atomic E-state index is -0.863. The summed E-state index contributed by atoms with van der Waals surface area (Å²) in [4.78, 5) is 28.5. The van der Waals surface area contributed by atoms with Gasteiger partial charge >= 0.3 is 11.9 Å². The highest BCUT2D eigenvalue weighted by molar-refractivity contribution is 7.99. The van der Waals surface area contributed by atoms with E-state index < -0.39 is 41.4 Å². The Morgan fingerprint density at radius 3 is 2.65 bits per heavy atom. The van der Waals surface area contributed by atoms with Crippen molar-refractivity contribution >= 4 is 46.9 Å². The van der Waals surface area contributed by atoms with Gasteiger partial charge in [-0.15, -0.1) is 5.10 Å². The summed E-state index contributed by atoms with van der Waals surface area (Å²) < 4.78 is 32.8. The van der Waals surface area contributed by atoms with E-state index in [1.165, 1.54) is 43.9 Å². The van der Waals surface area contributed by atoms with Crippen molar-refractivity contribution < 1.29 is 28.2 Å². The molecule has 1 fully saturated rings. The first-order valence-corrected chi connectivity index (χ1v) is 12.9. The van der Waals surface area contributed by atoms with Crippen LogP contribution in [0.1, 0.15) is 26.8 Å². The molecular weight excluding hydrogens is 546 g/mol. The monoisotopic (exact) mass is 568 g/mol. The highest BCUT2D eigenvalue weighted by Gasteiger charge is 2.48.